The van der Waals surface area contributed by atoms with Crippen molar-refractivity contribution in [2.75, 3.05) is 11.9 Å². The van der Waals surface area contributed by atoms with Crippen molar-refractivity contribution in [2.45, 2.75) is 25.3 Å². The minimum absolute atomic E-state index is 0.497. The first kappa shape index (κ1) is 9.45. The lowest BCUT2D eigenvalue weighted by atomic mass is 10.0. The minimum atomic E-state index is 0.497. The lowest BCUT2D eigenvalue weighted by Gasteiger charge is -2.19. The zero-order valence-electron chi connectivity index (χ0n) is 8.48. The van der Waals surface area contributed by atoms with Gasteiger partial charge in [0.05, 0.1) is 6.20 Å². The molecule has 1 heterocycles. The molecule has 14 heavy (non-hydrogen) atoms. The summed E-state index contributed by atoms with van der Waals surface area (Å²) in [5.74, 6) is 1.58. The predicted molar refractivity (Wildman–Crippen MR) is 54.8 cm³/mol. The van der Waals surface area contributed by atoms with E-state index in [0.29, 0.717) is 12.0 Å². The lowest BCUT2D eigenvalue weighted by molar-refractivity contribution is 0.512. The van der Waals surface area contributed by atoms with Gasteiger partial charge in [-0.25, -0.2) is 4.68 Å². The summed E-state index contributed by atoms with van der Waals surface area (Å²) < 4.78 is 1.76. The molecule has 2 rings (SSSR count). The van der Waals surface area contributed by atoms with Gasteiger partial charge in [-0.2, -0.15) is 0 Å². The topological polar surface area (TPSA) is 68.8 Å². The molecule has 3 N–H and O–H groups in total. The number of hydrogen-bond acceptors (Lipinski definition) is 4. The largest absolute Gasteiger partial charge is 0.366 e. The van der Waals surface area contributed by atoms with Gasteiger partial charge in [0.15, 0.2) is 0 Å². The van der Waals surface area contributed by atoms with Crippen LogP contribution in [-0.4, -0.2) is 27.6 Å². The summed E-state index contributed by atoms with van der Waals surface area (Å²) in [5, 5.41) is 11.2. The fourth-order valence-electron chi connectivity index (χ4n) is 2.12. The molecule has 0 saturated heterocycles. The first-order chi connectivity index (χ1) is 6.81. The number of rotatable bonds is 3. The van der Waals surface area contributed by atoms with Crippen LogP contribution in [-0.2, 0) is 7.05 Å². The SMILES string of the molecule is Cn1nncc1NC1CCCC1CN. The van der Waals surface area contributed by atoms with Crippen molar-refractivity contribution >= 4 is 5.82 Å². The highest BCUT2D eigenvalue weighted by molar-refractivity contribution is 5.32. The Morgan fingerprint density at radius 2 is 2.50 bits per heavy atom. The molecule has 0 spiro atoms. The van der Waals surface area contributed by atoms with Gasteiger partial charge < -0.3 is 11.1 Å². The van der Waals surface area contributed by atoms with Crippen LogP contribution in [0.4, 0.5) is 5.82 Å². The van der Waals surface area contributed by atoms with Gasteiger partial charge in [-0.15, -0.1) is 5.10 Å². The molecule has 0 aromatic carbocycles. The second-order valence-electron chi connectivity index (χ2n) is 3.92. The summed E-state index contributed by atoms with van der Waals surface area (Å²) in [6.07, 6.45) is 5.46. The van der Waals surface area contributed by atoms with Crippen LogP contribution in [0.2, 0.25) is 0 Å². The van der Waals surface area contributed by atoms with E-state index in [1.807, 2.05) is 7.05 Å². The Bertz CT molecular complexity index is 295. The number of hydrogen-bond donors (Lipinski definition) is 2. The van der Waals surface area contributed by atoms with Crippen LogP contribution < -0.4 is 11.1 Å². The normalized spacial score (nSPS) is 26.7. The molecule has 1 fully saturated rings. The molecular formula is C9H17N5. The highest BCUT2D eigenvalue weighted by Crippen LogP contribution is 2.27. The predicted octanol–water partition coefficient (Wildman–Crippen LogP) is 0.354. The van der Waals surface area contributed by atoms with Crippen LogP contribution in [0.1, 0.15) is 19.3 Å². The molecule has 5 heteroatoms. The van der Waals surface area contributed by atoms with Crippen LogP contribution in [0.3, 0.4) is 0 Å². The van der Waals surface area contributed by atoms with Gasteiger partial charge in [0, 0.05) is 13.1 Å². The summed E-state index contributed by atoms with van der Waals surface area (Å²) >= 11 is 0. The Kier molecular flexibility index (Phi) is 2.67. The summed E-state index contributed by atoms with van der Waals surface area (Å²) in [6, 6.07) is 0.497. The lowest BCUT2D eigenvalue weighted by Crippen LogP contribution is -2.30. The monoisotopic (exact) mass is 195 g/mol. The van der Waals surface area contributed by atoms with E-state index >= 15 is 0 Å². The second kappa shape index (κ2) is 3.96. The summed E-state index contributed by atoms with van der Waals surface area (Å²) in [5.41, 5.74) is 5.71. The molecule has 1 aromatic rings. The van der Waals surface area contributed by atoms with E-state index in [-0.39, 0.29) is 0 Å². The molecule has 2 atom stereocenters. The maximum absolute atomic E-state index is 5.71. The maximum Gasteiger partial charge on any atom is 0.144 e. The molecule has 1 saturated carbocycles. The maximum atomic E-state index is 5.71. The third-order valence-electron chi connectivity index (χ3n) is 3.01. The molecule has 78 valence electrons. The van der Waals surface area contributed by atoms with Gasteiger partial charge in [0.2, 0.25) is 0 Å². The van der Waals surface area contributed by atoms with Crippen LogP contribution in [0.5, 0.6) is 0 Å². The number of nitrogens with two attached hydrogens (primary N) is 1. The van der Waals surface area contributed by atoms with Gasteiger partial charge in [-0.1, -0.05) is 11.6 Å². The highest BCUT2D eigenvalue weighted by Gasteiger charge is 2.26. The Morgan fingerprint density at radius 1 is 1.64 bits per heavy atom. The molecule has 5 nitrogen and oxygen atoms in total. The Hall–Kier alpha value is -1.10. The molecule has 1 aliphatic carbocycles. The van der Waals surface area contributed by atoms with Crippen molar-refractivity contribution in [1.82, 2.24) is 15.0 Å². The molecule has 1 aromatic heterocycles. The zero-order valence-corrected chi connectivity index (χ0v) is 8.48. The van der Waals surface area contributed by atoms with Gasteiger partial charge in [-0.05, 0) is 25.3 Å². The molecule has 0 radical (unpaired) electrons. The number of anilines is 1. The fraction of sp³-hybridized carbons (Fsp3) is 0.778. The summed E-state index contributed by atoms with van der Waals surface area (Å²) in [4.78, 5) is 0. The first-order valence-electron chi connectivity index (χ1n) is 5.12. The van der Waals surface area contributed by atoms with Crippen molar-refractivity contribution in [3.63, 3.8) is 0 Å². The molecule has 1 aliphatic rings. The van der Waals surface area contributed by atoms with Gasteiger partial charge in [-0.3, -0.25) is 0 Å². The number of aromatic nitrogens is 3. The molecule has 0 bridgehead atoms. The number of aryl methyl sites for hydroxylation is 1. The van der Waals surface area contributed by atoms with Crippen molar-refractivity contribution in [2.24, 2.45) is 18.7 Å². The van der Waals surface area contributed by atoms with E-state index in [1.165, 1.54) is 19.3 Å². The minimum Gasteiger partial charge on any atom is -0.366 e. The van der Waals surface area contributed by atoms with Crippen molar-refractivity contribution in [3.8, 4) is 0 Å². The van der Waals surface area contributed by atoms with Gasteiger partial charge in [0.1, 0.15) is 5.82 Å². The smallest absolute Gasteiger partial charge is 0.144 e. The fourth-order valence-corrected chi connectivity index (χ4v) is 2.12. The summed E-state index contributed by atoms with van der Waals surface area (Å²) in [6.45, 7) is 0.767. The Labute approximate surface area is 83.7 Å². The second-order valence-corrected chi connectivity index (χ2v) is 3.92. The van der Waals surface area contributed by atoms with Crippen molar-refractivity contribution in [1.29, 1.82) is 0 Å². The quantitative estimate of drug-likeness (QED) is 0.730. The van der Waals surface area contributed by atoms with Crippen LogP contribution in [0, 0.1) is 5.92 Å². The highest BCUT2D eigenvalue weighted by atomic mass is 15.4. The van der Waals surface area contributed by atoms with E-state index in [0.717, 1.165) is 12.4 Å². The molecule has 0 amide bonds. The average molecular weight is 195 g/mol. The zero-order chi connectivity index (χ0) is 9.97. The third-order valence-corrected chi connectivity index (χ3v) is 3.01. The molecule has 0 aliphatic heterocycles. The Morgan fingerprint density at radius 3 is 3.14 bits per heavy atom. The van der Waals surface area contributed by atoms with Crippen molar-refractivity contribution < 1.29 is 0 Å². The van der Waals surface area contributed by atoms with E-state index in [9.17, 15) is 0 Å². The standard InChI is InChI=1S/C9H17N5/c1-14-9(6-11-13-14)12-8-4-2-3-7(8)5-10/h6-8,12H,2-5,10H2,1H3. The third kappa shape index (κ3) is 1.72. The van der Waals surface area contributed by atoms with Gasteiger partial charge >= 0.3 is 0 Å². The number of nitrogens with one attached hydrogen (secondary N) is 1. The van der Waals surface area contributed by atoms with Crippen molar-refractivity contribution in [3.05, 3.63) is 6.20 Å². The average Bonchev–Trinajstić information content (AvgIpc) is 2.77. The first-order valence-corrected chi connectivity index (χ1v) is 5.12. The van der Waals surface area contributed by atoms with Crippen LogP contribution >= 0.6 is 0 Å². The van der Waals surface area contributed by atoms with Crippen LogP contribution in [0.15, 0.2) is 6.20 Å². The van der Waals surface area contributed by atoms with E-state index in [4.69, 9.17) is 5.73 Å². The molecular weight excluding hydrogens is 178 g/mol. The molecule has 2 unspecified atom stereocenters. The number of nitrogens with zero attached hydrogens (tertiary/aromatic N) is 3. The van der Waals surface area contributed by atoms with Crippen LogP contribution in [0.25, 0.3) is 0 Å². The van der Waals surface area contributed by atoms with E-state index in [2.05, 4.69) is 15.6 Å². The summed E-state index contributed by atoms with van der Waals surface area (Å²) in [7, 11) is 1.89. The van der Waals surface area contributed by atoms with E-state index < -0.39 is 0 Å². The van der Waals surface area contributed by atoms with E-state index in [1.54, 1.807) is 10.9 Å². The van der Waals surface area contributed by atoms with Gasteiger partial charge in [0.25, 0.3) is 0 Å². The Balaban J connectivity index is 2.00.